The molecule has 1 aromatic heterocycles. The van der Waals surface area contributed by atoms with Crippen LogP contribution in [0.3, 0.4) is 0 Å². The zero-order chi connectivity index (χ0) is 24.3. The van der Waals surface area contributed by atoms with Gasteiger partial charge in [-0.3, -0.25) is 4.79 Å². The first kappa shape index (κ1) is 23.9. The summed E-state index contributed by atoms with van der Waals surface area (Å²) >= 11 is 0. The molecule has 1 amide bonds. The number of aromatic nitrogens is 2. The smallest absolute Gasteiger partial charge is 0.262 e. The van der Waals surface area contributed by atoms with E-state index in [0.717, 1.165) is 12.0 Å². The van der Waals surface area contributed by atoms with E-state index in [4.69, 9.17) is 9.26 Å². The van der Waals surface area contributed by atoms with Crippen molar-refractivity contribution in [2.45, 2.75) is 32.1 Å². The highest BCUT2D eigenvalue weighted by molar-refractivity contribution is 7.89. The molecule has 10 heteroatoms. The van der Waals surface area contributed by atoms with Crippen LogP contribution in [0.15, 0.2) is 57.9 Å². The fourth-order valence-electron chi connectivity index (χ4n) is 4.12. The van der Waals surface area contributed by atoms with Crippen molar-refractivity contribution in [1.29, 1.82) is 0 Å². The van der Waals surface area contributed by atoms with Crippen LogP contribution in [0.2, 0.25) is 0 Å². The van der Waals surface area contributed by atoms with Crippen LogP contribution in [0.25, 0.3) is 11.4 Å². The van der Waals surface area contributed by atoms with E-state index in [1.54, 1.807) is 47.6 Å². The summed E-state index contributed by atoms with van der Waals surface area (Å²) in [6.07, 6.45) is 1.03. The summed E-state index contributed by atoms with van der Waals surface area (Å²) in [5.41, 5.74) is 1.27. The van der Waals surface area contributed by atoms with Gasteiger partial charge in [0.15, 0.2) is 6.61 Å². The topological polar surface area (TPSA) is 115 Å². The minimum Gasteiger partial charge on any atom is -0.484 e. The summed E-state index contributed by atoms with van der Waals surface area (Å²) in [4.78, 5) is 16.7. The van der Waals surface area contributed by atoms with E-state index in [-0.39, 0.29) is 17.4 Å². The van der Waals surface area contributed by atoms with Crippen LogP contribution in [0.5, 0.6) is 5.75 Å². The first-order valence-corrected chi connectivity index (χ1v) is 12.6. The van der Waals surface area contributed by atoms with Crippen LogP contribution in [-0.4, -0.2) is 48.5 Å². The fourth-order valence-corrected chi connectivity index (χ4v) is 5.80. The molecule has 1 fully saturated rings. The van der Waals surface area contributed by atoms with Crippen LogP contribution in [0.1, 0.15) is 26.2 Å². The zero-order valence-corrected chi connectivity index (χ0v) is 20.2. The molecule has 1 saturated heterocycles. The van der Waals surface area contributed by atoms with Gasteiger partial charge in [0.25, 0.3) is 5.91 Å². The fraction of sp³-hybridized carbons (Fsp3) is 0.375. The Balaban J connectivity index is 1.31. The average molecular weight is 485 g/mol. The molecule has 1 N–H and O–H groups in total. The van der Waals surface area contributed by atoms with Gasteiger partial charge in [0.05, 0.1) is 4.90 Å². The van der Waals surface area contributed by atoms with E-state index < -0.39 is 10.0 Å². The number of rotatable bonds is 7. The quantitative estimate of drug-likeness (QED) is 0.543. The molecule has 9 nitrogen and oxygen atoms in total. The molecular formula is C24H28N4O5S. The van der Waals surface area contributed by atoms with Gasteiger partial charge >= 0.3 is 0 Å². The number of anilines is 1. The highest BCUT2D eigenvalue weighted by atomic mass is 32.2. The SMILES string of the molecule is Cc1nc(-c2ccc(OCC(=O)Nc3ccc(S(=O)(=O)N4C[C@@H](C)C[C@H](C)C4)cc3)cc2)no1. The van der Waals surface area contributed by atoms with Crippen molar-refractivity contribution in [2.75, 3.05) is 25.0 Å². The van der Waals surface area contributed by atoms with Crippen LogP contribution >= 0.6 is 0 Å². The highest BCUT2D eigenvalue weighted by Crippen LogP contribution is 2.27. The summed E-state index contributed by atoms with van der Waals surface area (Å²) < 4.78 is 38.0. The maximum atomic E-state index is 13.0. The first-order chi connectivity index (χ1) is 16.2. The highest BCUT2D eigenvalue weighted by Gasteiger charge is 2.31. The van der Waals surface area contributed by atoms with Crippen LogP contribution in [-0.2, 0) is 14.8 Å². The monoisotopic (exact) mass is 484 g/mol. The molecule has 2 aromatic carbocycles. The molecule has 34 heavy (non-hydrogen) atoms. The number of carbonyl (C=O) groups excluding carboxylic acids is 1. The summed E-state index contributed by atoms with van der Waals surface area (Å²) in [7, 11) is -3.56. The molecular weight excluding hydrogens is 456 g/mol. The van der Waals surface area contributed by atoms with Gasteiger partial charge in [0, 0.05) is 31.3 Å². The lowest BCUT2D eigenvalue weighted by atomic mass is 9.94. The second kappa shape index (κ2) is 9.94. The summed E-state index contributed by atoms with van der Waals surface area (Å²) in [6.45, 7) is 6.72. The standard InChI is InChI=1S/C24H28N4O5S/c1-16-12-17(2)14-28(13-16)34(30,31)22-10-6-20(7-11-22)26-23(29)15-32-21-8-4-19(5-9-21)24-25-18(3)33-27-24/h4-11,16-17H,12-15H2,1-3H3,(H,26,29)/t16-,17-/m0/s1. The summed E-state index contributed by atoms with van der Waals surface area (Å²) in [5.74, 6) is 1.79. The lowest BCUT2D eigenvalue weighted by Gasteiger charge is -2.34. The van der Waals surface area contributed by atoms with Gasteiger partial charge in [-0.15, -0.1) is 0 Å². The van der Waals surface area contributed by atoms with Crippen molar-refractivity contribution in [2.24, 2.45) is 11.8 Å². The number of benzene rings is 2. The Hall–Kier alpha value is -3.24. The van der Waals surface area contributed by atoms with Gasteiger partial charge in [0.1, 0.15) is 5.75 Å². The van der Waals surface area contributed by atoms with Crippen molar-refractivity contribution in [1.82, 2.24) is 14.4 Å². The number of aryl methyl sites for hydroxylation is 1. The number of piperidine rings is 1. The Morgan fingerprint density at radius 3 is 2.32 bits per heavy atom. The molecule has 0 bridgehead atoms. The minimum absolute atomic E-state index is 0.190. The molecule has 0 unspecified atom stereocenters. The Bertz CT molecular complexity index is 1230. The molecule has 0 aliphatic carbocycles. The first-order valence-electron chi connectivity index (χ1n) is 11.1. The number of carbonyl (C=O) groups is 1. The third-order valence-electron chi connectivity index (χ3n) is 5.62. The van der Waals surface area contributed by atoms with Gasteiger partial charge in [-0.2, -0.15) is 9.29 Å². The number of ether oxygens (including phenoxy) is 1. The minimum atomic E-state index is -3.56. The van der Waals surface area contributed by atoms with Gasteiger partial charge in [-0.05, 0) is 66.8 Å². The third kappa shape index (κ3) is 5.63. The average Bonchev–Trinajstić information content (AvgIpc) is 3.24. The van der Waals surface area contributed by atoms with Gasteiger partial charge in [0.2, 0.25) is 21.7 Å². The second-order valence-corrected chi connectivity index (χ2v) is 10.7. The lowest BCUT2D eigenvalue weighted by Crippen LogP contribution is -2.42. The lowest BCUT2D eigenvalue weighted by molar-refractivity contribution is -0.118. The molecule has 4 rings (SSSR count). The van der Waals surface area contributed by atoms with Crippen molar-refractivity contribution in [3.05, 3.63) is 54.4 Å². The molecule has 180 valence electrons. The number of amides is 1. The normalized spacial score (nSPS) is 19.0. The molecule has 2 heterocycles. The molecule has 0 saturated carbocycles. The summed E-state index contributed by atoms with van der Waals surface area (Å²) in [5, 5.41) is 6.58. The van der Waals surface area contributed by atoms with Crippen molar-refractivity contribution >= 4 is 21.6 Å². The van der Waals surface area contributed by atoms with E-state index in [2.05, 4.69) is 29.3 Å². The number of nitrogens with one attached hydrogen (secondary N) is 1. The van der Waals surface area contributed by atoms with E-state index in [1.165, 1.54) is 12.1 Å². The predicted octanol–water partition coefficient (Wildman–Crippen LogP) is 3.73. The molecule has 2 atom stereocenters. The third-order valence-corrected chi connectivity index (χ3v) is 7.47. The largest absolute Gasteiger partial charge is 0.484 e. The van der Waals surface area contributed by atoms with Crippen molar-refractivity contribution < 1.29 is 22.5 Å². The van der Waals surface area contributed by atoms with Crippen molar-refractivity contribution in [3.63, 3.8) is 0 Å². The number of nitrogens with zero attached hydrogens (tertiary/aromatic N) is 3. The van der Waals surface area contributed by atoms with E-state index in [0.29, 0.717) is 48.1 Å². The Kier molecular flexibility index (Phi) is 6.99. The Morgan fingerprint density at radius 1 is 1.09 bits per heavy atom. The predicted molar refractivity (Wildman–Crippen MR) is 127 cm³/mol. The van der Waals surface area contributed by atoms with Gasteiger partial charge < -0.3 is 14.6 Å². The second-order valence-electron chi connectivity index (χ2n) is 8.79. The Morgan fingerprint density at radius 2 is 1.74 bits per heavy atom. The molecule has 3 aromatic rings. The van der Waals surface area contributed by atoms with Crippen LogP contribution in [0, 0.1) is 18.8 Å². The zero-order valence-electron chi connectivity index (χ0n) is 19.4. The molecule has 0 radical (unpaired) electrons. The van der Waals surface area contributed by atoms with Crippen LogP contribution in [0.4, 0.5) is 5.69 Å². The van der Waals surface area contributed by atoms with Gasteiger partial charge in [-0.25, -0.2) is 8.42 Å². The van der Waals surface area contributed by atoms with Gasteiger partial charge in [-0.1, -0.05) is 19.0 Å². The van der Waals surface area contributed by atoms with E-state index in [1.807, 2.05) is 0 Å². The molecule has 0 spiro atoms. The van der Waals surface area contributed by atoms with Crippen molar-refractivity contribution in [3.8, 4) is 17.1 Å². The van der Waals surface area contributed by atoms with E-state index in [9.17, 15) is 13.2 Å². The maximum absolute atomic E-state index is 13.0. The molecule has 1 aliphatic heterocycles. The number of sulfonamides is 1. The number of hydrogen-bond acceptors (Lipinski definition) is 7. The van der Waals surface area contributed by atoms with E-state index >= 15 is 0 Å². The van der Waals surface area contributed by atoms with Crippen LogP contribution < -0.4 is 10.1 Å². The summed E-state index contributed by atoms with van der Waals surface area (Å²) in [6, 6.07) is 13.2. The Labute approximate surface area is 199 Å². The number of hydrogen-bond donors (Lipinski definition) is 1. The molecule has 1 aliphatic rings. The maximum Gasteiger partial charge on any atom is 0.262 e.